The summed E-state index contributed by atoms with van der Waals surface area (Å²) in [5, 5.41) is 0. The predicted octanol–water partition coefficient (Wildman–Crippen LogP) is 4.41. The van der Waals surface area contributed by atoms with Crippen molar-refractivity contribution in [3.63, 3.8) is 0 Å². The van der Waals surface area contributed by atoms with Crippen molar-refractivity contribution in [3.8, 4) is 0 Å². The Morgan fingerprint density at radius 1 is 1.30 bits per heavy atom. The molecule has 2 nitrogen and oxygen atoms in total. The number of carbonyl (C=O) groups is 1. The van der Waals surface area contributed by atoms with Crippen LogP contribution in [0.3, 0.4) is 0 Å². The van der Waals surface area contributed by atoms with Crippen LogP contribution in [0.4, 0.5) is 0 Å². The molecule has 4 heteroatoms. The van der Waals surface area contributed by atoms with Crippen molar-refractivity contribution >= 4 is 33.2 Å². The van der Waals surface area contributed by atoms with Gasteiger partial charge in [-0.1, -0.05) is 29.8 Å². The normalized spacial score (nSPS) is 10.6. The third kappa shape index (κ3) is 4.46. The van der Waals surface area contributed by atoms with Gasteiger partial charge in [-0.2, -0.15) is 0 Å². The smallest absolute Gasteiger partial charge is 0.222 e. The molecule has 0 N–H and O–H groups in total. The molecule has 0 bridgehead atoms. The lowest BCUT2D eigenvalue weighted by Crippen LogP contribution is -2.25. The van der Waals surface area contributed by atoms with E-state index in [1.807, 2.05) is 19.2 Å². The summed E-state index contributed by atoms with van der Waals surface area (Å²) in [6.07, 6.45) is 1.37. The predicted molar refractivity (Wildman–Crippen MR) is 88.0 cm³/mol. The molecule has 0 saturated heterocycles. The molecule has 1 heterocycles. The summed E-state index contributed by atoms with van der Waals surface area (Å²) in [5.74, 6) is 0.191. The van der Waals surface area contributed by atoms with E-state index >= 15 is 0 Å². The third-order valence-corrected chi connectivity index (χ3v) is 4.77. The van der Waals surface area contributed by atoms with Crippen LogP contribution < -0.4 is 0 Å². The van der Waals surface area contributed by atoms with Gasteiger partial charge in [-0.25, -0.2) is 0 Å². The van der Waals surface area contributed by atoms with E-state index in [4.69, 9.17) is 0 Å². The summed E-state index contributed by atoms with van der Waals surface area (Å²) < 4.78 is 1.10. The maximum atomic E-state index is 12.1. The highest BCUT2D eigenvalue weighted by atomic mass is 79.9. The van der Waals surface area contributed by atoms with E-state index in [9.17, 15) is 4.79 Å². The Hall–Kier alpha value is -1.13. The average molecular weight is 352 g/mol. The molecule has 2 aromatic rings. The van der Waals surface area contributed by atoms with Gasteiger partial charge in [0.1, 0.15) is 0 Å². The van der Waals surface area contributed by atoms with E-state index in [0.29, 0.717) is 13.0 Å². The largest absolute Gasteiger partial charge is 0.341 e. The van der Waals surface area contributed by atoms with Crippen LogP contribution in [-0.4, -0.2) is 17.9 Å². The molecule has 0 aliphatic heterocycles. The standard InChI is InChI=1S/C16H18BrNOS/c1-12-4-3-5-13(10-12)6-9-16(19)18(2)11-14-7-8-15(17)20-14/h3-5,7-8,10H,6,9,11H2,1-2H3. The lowest BCUT2D eigenvalue weighted by molar-refractivity contribution is -0.130. The molecule has 2 rings (SSSR count). The van der Waals surface area contributed by atoms with Crippen molar-refractivity contribution in [2.75, 3.05) is 7.05 Å². The molecule has 0 saturated carbocycles. The first-order valence-electron chi connectivity index (χ1n) is 6.58. The van der Waals surface area contributed by atoms with Gasteiger partial charge in [-0.05, 0) is 47.0 Å². The number of rotatable bonds is 5. The summed E-state index contributed by atoms with van der Waals surface area (Å²) >= 11 is 5.11. The van der Waals surface area contributed by atoms with Crippen LogP contribution in [0.25, 0.3) is 0 Å². The van der Waals surface area contributed by atoms with Gasteiger partial charge in [0.2, 0.25) is 5.91 Å². The fourth-order valence-electron chi connectivity index (χ4n) is 2.07. The number of halogens is 1. The molecule has 0 fully saturated rings. The molecular formula is C16H18BrNOS. The molecule has 0 radical (unpaired) electrons. The van der Waals surface area contributed by atoms with Crippen molar-refractivity contribution in [1.29, 1.82) is 0 Å². The lowest BCUT2D eigenvalue weighted by Gasteiger charge is -2.16. The Bertz CT molecular complexity index is 594. The number of aryl methyl sites for hydroxylation is 2. The average Bonchev–Trinajstić information content (AvgIpc) is 2.81. The fraction of sp³-hybridized carbons (Fsp3) is 0.312. The quantitative estimate of drug-likeness (QED) is 0.781. The van der Waals surface area contributed by atoms with Gasteiger partial charge in [-0.3, -0.25) is 4.79 Å². The molecule has 0 aliphatic carbocycles. The maximum Gasteiger partial charge on any atom is 0.222 e. The van der Waals surface area contributed by atoms with Crippen LogP contribution in [0, 0.1) is 6.92 Å². The van der Waals surface area contributed by atoms with Gasteiger partial charge in [0.25, 0.3) is 0 Å². The highest BCUT2D eigenvalue weighted by Gasteiger charge is 2.10. The third-order valence-electron chi connectivity index (χ3n) is 3.16. The second-order valence-corrected chi connectivity index (χ2v) is 7.49. The molecule has 0 spiro atoms. The second-order valence-electron chi connectivity index (χ2n) is 4.94. The molecule has 20 heavy (non-hydrogen) atoms. The van der Waals surface area contributed by atoms with E-state index < -0.39 is 0 Å². The van der Waals surface area contributed by atoms with Crippen molar-refractivity contribution in [1.82, 2.24) is 4.90 Å². The number of benzene rings is 1. The number of nitrogens with zero attached hydrogens (tertiary/aromatic N) is 1. The van der Waals surface area contributed by atoms with Crippen molar-refractivity contribution < 1.29 is 4.79 Å². The molecule has 1 aromatic carbocycles. The van der Waals surface area contributed by atoms with Crippen molar-refractivity contribution in [3.05, 3.63) is 56.2 Å². The van der Waals surface area contributed by atoms with Crippen LogP contribution in [0.1, 0.15) is 22.4 Å². The Balaban J connectivity index is 1.85. The first kappa shape index (κ1) is 15.3. The van der Waals surface area contributed by atoms with Gasteiger partial charge < -0.3 is 4.90 Å². The highest BCUT2D eigenvalue weighted by molar-refractivity contribution is 9.11. The summed E-state index contributed by atoms with van der Waals surface area (Å²) in [6.45, 7) is 2.76. The van der Waals surface area contributed by atoms with E-state index in [1.165, 1.54) is 16.0 Å². The van der Waals surface area contributed by atoms with E-state index in [2.05, 4.69) is 47.1 Å². The Morgan fingerprint density at radius 2 is 2.10 bits per heavy atom. The first-order valence-corrected chi connectivity index (χ1v) is 8.19. The number of hydrogen-bond donors (Lipinski definition) is 0. The number of amides is 1. The first-order chi connectivity index (χ1) is 9.54. The second kappa shape index (κ2) is 7.04. The Morgan fingerprint density at radius 3 is 2.75 bits per heavy atom. The molecule has 0 aliphatic rings. The summed E-state index contributed by atoms with van der Waals surface area (Å²) in [6, 6.07) is 12.4. The van der Waals surface area contributed by atoms with Crippen LogP contribution >= 0.6 is 27.3 Å². The van der Waals surface area contributed by atoms with Crippen molar-refractivity contribution in [2.24, 2.45) is 0 Å². The highest BCUT2D eigenvalue weighted by Crippen LogP contribution is 2.23. The molecule has 1 aromatic heterocycles. The molecule has 0 unspecified atom stereocenters. The van der Waals surface area contributed by atoms with Gasteiger partial charge >= 0.3 is 0 Å². The van der Waals surface area contributed by atoms with Gasteiger partial charge in [0.05, 0.1) is 10.3 Å². The minimum absolute atomic E-state index is 0.191. The number of carbonyl (C=O) groups excluding carboxylic acids is 1. The summed E-state index contributed by atoms with van der Waals surface area (Å²) in [5.41, 5.74) is 2.47. The van der Waals surface area contributed by atoms with E-state index in [1.54, 1.807) is 16.2 Å². The lowest BCUT2D eigenvalue weighted by atomic mass is 10.1. The van der Waals surface area contributed by atoms with Gasteiger partial charge in [0.15, 0.2) is 0 Å². The maximum absolute atomic E-state index is 12.1. The Kier molecular flexibility index (Phi) is 5.38. The monoisotopic (exact) mass is 351 g/mol. The van der Waals surface area contributed by atoms with Crippen molar-refractivity contribution in [2.45, 2.75) is 26.3 Å². The van der Waals surface area contributed by atoms with Crippen LogP contribution in [0.15, 0.2) is 40.2 Å². The zero-order chi connectivity index (χ0) is 14.5. The van der Waals surface area contributed by atoms with Crippen LogP contribution in [0.2, 0.25) is 0 Å². The molecule has 1 amide bonds. The fourth-order valence-corrected chi connectivity index (χ4v) is 3.61. The minimum atomic E-state index is 0.191. The van der Waals surface area contributed by atoms with Crippen LogP contribution in [0.5, 0.6) is 0 Å². The molecular weight excluding hydrogens is 334 g/mol. The molecule has 106 valence electrons. The zero-order valence-electron chi connectivity index (χ0n) is 11.7. The summed E-state index contributed by atoms with van der Waals surface area (Å²) in [7, 11) is 1.87. The SMILES string of the molecule is Cc1cccc(CCC(=O)N(C)Cc2ccc(Br)s2)c1. The summed E-state index contributed by atoms with van der Waals surface area (Å²) in [4.78, 5) is 15.1. The minimum Gasteiger partial charge on any atom is -0.341 e. The molecule has 0 atom stereocenters. The van der Waals surface area contributed by atoms with E-state index in [0.717, 1.165) is 10.2 Å². The number of thiophene rings is 1. The van der Waals surface area contributed by atoms with E-state index in [-0.39, 0.29) is 5.91 Å². The topological polar surface area (TPSA) is 20.3 Å². The van der Waals surface area contributed by atoms with Crippen LogP contribution in [-0.2, 0) is 17.8 Å². The van der Waals surface area contributed by atoms with Gasteiger partial charge in [0, 0.05) is 18.3 Å². The van der Waals surface area contributed by atoms with Gasteiger partial charge in [-0.15, -0.1) is 11.3 Å². The Labute approximate surface area is 132 Å². The zero-order valence-corrected chi connectivity index (χ0v) is 14.1. The number of hydrogen-bond acceptors (Lipinski definition) is 2.